The molecule has 1 saturated heterocycles. The zero-order valence-corrected chi connectivity index (χ0v) is 11.2. The number of nitrogens with one attached hydrogen (secondary N) is 2. The second-order valence-corrected chi connectivity index (χ2v) is 5.24. The quantitative estimate of drug-likeness (QED) is 0.856. The fourth-order valence-electron chi connectivity index (χ4n) is 2.12. The van der Waals surface area contributed by atoms with Crippen molar-refractivity contribution in [1.29, 1.82) is 0 Å². The SMILES string of the molecule is O=C(CNc1ncnc2sccc12)N1CCNCC1. The van der Waals surface area contributed by atoms with E-state index in [1.807, 2.05) is 16.3 Å². The normalized spacial score (nSPS) is 15.7. The molecule has 2 aromatic rings. The number of hydrogen-bond acceptors (Lipinski definition) is 6. The Balaban J connectivity index is 1.65. The van der Waals surface area contributed by atoms with Gasteiger partial charge in [0.15, 0.2) is 0 Å². The third-order valence-corrected chi connectivity index (χ3v) is 3.96. The molecular weight excluding hydrogens is 262 g/mol. The van der Waals surface area contributed by atoms with Gasteiger partial charge < -0.3 is 15.5 Å². The summed E-state index contributed by atoms with van der Waals surface area (Å²) in [6.45, 7) is 3.57. The molecule has 0 bridgehead atoms. The molecule has 1 aliphatic heterocycles. The maximum Gasteiger partial charge on any atom is 0.242 e. The number of rotatable bonds is 3. The van der Waals surface area contributed by atoms with Crippen molar-refractivity contribution in [1.82, 2.24) is 20.2 Å². The van der Waals surface area contributed by atoms with Gasteiger partial charge in [0.1, 0.15) is 17.0 Å². The number of anilines is 1. The van der Waals surface area contributed by atoms with Gasteiger partial charge in [0.2, 0.25) is 5.91 Å². The van der Waals surface area contributed by atoms with Gasteiger partial charge in [0.05, 0.1) is 11.9 Å². The molecule has 1 aliphatic rings. The molecule has 2 aromatic heterocycles. The molecule has 19 heavy (non-hydrogen) atoms. The average molecular weight is 277 g/mol. The van der Waals surface area contributed by atoms with E-state index < -0.39 is 0 Å². The van der Waals surface area contributed by atoms with E-state index in [-0.39, 0.29) is 12.5 Å². The number of hydrogen-bond donors (Lipinski definition) is 2. The Labute approximate surface area is 114 Å². The van der Waals surface area contributed by atoms with Crippen molar-refractivity contribution in [3.63, 3.8) is 0 Å². The molecule has 6 nitrogen and oxygen atoms in total. The van der Waals surface area contributed by atoms with Crippen LogP contribution in [0.2, 0.25) is 0 Å². The molecule has 0 saturated carbocycles. The Morgan fingerprint density at radius 1 is 1.42 bits per heavy atom. The summed E-state index contributed by atoms with van der Waals surface area (Å²) >= 11 is 1.57. The van der Waals surface area contributed by atoms with Crippen LogP contribution >= 0.6 is 11.3 Å². The number of carbonyl (C=O) groups is 1. The van der Waals surface area contributed by atoms with Crippen LogP contribution in [0.1, 0.15) is 0 Å². The zero-order valence-electron chi connectivity index (χ0n) is 10.4. The predicted octanol–water partition coefficient (Wildman–Crippen LogP) is 0.535. The van der Waals surface area contributed by atoms with Gasteiger partial charge in [-0.05, 0) is 11.4 Å². The number of fused-ring (bicyclic) bond motifs is 1. The summed E-state index contributed by atoms with van der Waals surface area (Å²) in [6, 6.07) is 1.97. The lowest BCUT2D eigenvalue weighted by Crippen LogP contribution is -2.48. The van der Waals surface area contributed by atoms with Crippen molar-refractivity contribution in [2.75, 3.05) is 38.0 Å². The average Bonchev–Trinajstić information content (AvgIpc) is 2.94. The minimum atomic E-state index is 0.114. The molecule has 0 aromatic carbocycles. The van der Waals surface area contributed by atoms with Crippen molar-refractivity contribution in [2.45, 2.75) is 0 Å². The second kappa shape index (κ2) is 5.50. The number of thiophene rings is 1. The van der Waals surface area contributed by atoms with Crippen molar-refractivity contribution in [2.24, 2.45) is 0 Å². The molecule has 1 fully saturated rings. The number of piperazine rings is 1. The molecule has 2 N–H and O–H groups in total. The standard InChI is InChI=1S/C12H15N5OS/c18-10(17-4-2-13-3-5-17)7-14-11-9-1-6-19-12(9)16-8-15-11/h1,6,8,13H,2-5,7H2,(H,14,15,16). The molecule has 1 amide bonds. The first-order chi connectivity index (χ1) is 9.34. The van der Waals surface area contributed by atoms with Crippen LogP contribution < -0.4 is 10.6 Å². The van der Waals surface area contributed by atoms with Gasteiger partial charge in [-0.15, -0.1) is 11.3 Å². The summed E-state index contributed by atoms with van der Waals surface area (Å²) in [4.78, 5) is 23.2. The summed E-state index contributed by atoms with van der Waals surface area (Å²) in [5, 5.41) is 9.29. The van der Waals surface area contributed by atoms with E-state index in [1.54, 1.807) is 11.3 Å². The first-order valence-electron chi connectivity index (χ1n) is 6.25. The van der Waals surface area contributed by atoms with E-state index in [0.29, 0.717) is 0 Å². The summed E-state index contributed by atoms with van der Waals surface area (Å²) in [6.07, 6.45) is 1.52. The van der Waals surface area contributed by atoms with Crippen LogP contribution in [0.15, 0.2) is 17.8 Å². The first kappa shape index (κ1) is 12.3. The van der Waals surface area contributed by atoms with Crippen LogP contribution in [0.5, 0.6) is 0 Å². The van der Waals surface area contributed by atoms with E-state index in [4.69, 9.17) is 0 Å². The summed E-state index contributed by atoms with van der Waals surface area (Å²) in [5.41, 5.74) is 0. The van der Waals surface area contributed by atoms with Crippen LogP contribution in [0.4, 0.5) is 5.82 Å². The van der Waals surface area contributed by atoms with Crippen LogP contribution in [0.25, 0.3) is 10.2 Å². The monoisotopic (exact) mass is 277 g/mol. The maximum absolute atomic E-state index is 12.0. The van der Waals surface area contributed by atoms with Crippen molar-refractivity contribution in [3.8, 4) is 0 Å². The van der Waals surface area contributed by atoms with Gasteiger partial charge in [-0.2, -0.15) is 0 Å². The second-order valence-electron chi connectivity index (χ2n) is 4.35. The number of aromatic nitrogens is 2. The zero-order chi connectivity index (χ0) is 13.1. The Morgan fingerprint density at radius 3 is 3.11 bits per heavy atom. The Morgan fingerprint density at radius 2 is 2.26 bits per heavy atom. The van der Waals surface area contributed by atoms with E-state index in [9.17, 15) is 4.79 Å². The fraction of sp³-hybridized carbons (Fsp3) is 0.417. The summed E-state index contributed by atoms with van der Waals surface area (Å²) in [5.74, 6) is 0.846. The van der Waals surface area contributed by atoms with E-state index in [0.717, 1.165) is 42.2 Å². The molecule has 0 radical (unpaired) electrons. The van der Waals surface area contributed by atoms with Gasteiger partial charge in [0, 0.05) is 26.2 Å². The molecule has 0 atom stereocenters. The lowest BCUT2D eigenvalue weighted by Gasteiger charge is -2.27. The molecule has 3 heterocycles. The van der Waals surface area contributed by atoms with Crippen LogP contribution in [-0.2, 0) is 4.79 Å². The highest BCUT2D eigenvalue weighted by molar-refractivity contribution is 7.16. The van der Waals surface area contributed by atoms with E-state index >= 15 is 0 Å². The summed E-state index contributed by atoms with van der Waals surface area (Å²) < 4.78 is 0. The third-order valence-electron chi connectivity index (χ3n) is 3.14. The van der Waals surface area contributed by atoms with Crippen molar-refractivity contribution < 1.29 is 4.79 Å². The highest BCUT2D eigenvalue weighted by Gasteiger charge is 2.16. The molecule has 0 spiro atoms. The molecule has 100 valence electrons. The third kappa shape index (κ3) is 2.66. The highest BCUT2D eigenvalue weighted by atomic mass is 32.1. The molecular formula is C12H15N5OS. The number of amides is 1. The van der Waals surface area contributed by atoms with Gasteiger partial charge in [-0.1, -0.05) is 0 Å². The van der Waals surface area contributed by atoms with Gasteiger partial charge in [0.25, 0.3) is 0 Å². The van der Waals surface area contributed by atoms with Crippen LogP contribution in [-0.4, -0.2) is 53.5 Å². The van der Waals surface area contributed by atoms with E-state index in [1.165, 1.54) is 6.33 Å². The number of nitrogens with zero attached hydrogens (tertiary/aromatic N) is 3. The largest absolute Gasteiger partial charge is 0.360 e. The minimum absolute atomic E-state index is 0.114. The van der Waals surface area contributed by atoms with Gasteiger partial charge in [-0.25, -0.2) is 9.97 Å². The predicted molar refractivity (Wildman–Crippen MR) is 75.4 cm³/mol. The Bertz CT molecular complexity index is 578. The first-order valence-corrected chi connectivity index (χ1v) is 7.13. The Hall–Kier alpha value is -1.73. The lowest BCUT2D eigenvalue weighted by atomic mass is 10.3. The minimum Gasteiger partial charge on any atom is -0.360 e. The lowest BCUT2D eigenvalue weighted by molar-refractivity contribution is -0.129. The molecule has 0 aliphatic carbocycles. The molecule has 7 heteroatoms. The topological polar surface area (TPSA) is 70.2 Å². The van der Waals surface area contributed by atoms with Crippen molar-refractivity contribution >= 4 is 33.3 Å². The number of carbonyl (C=O) groups excluding carboxylic acids is 1. The Kier molecular flexibility index (Phi) is 3.56. The van der Waals surface area contributed by atoms with Crippen LogP contribution in [0.3, 0.4) is 0 Å². The smallest absolute Gasteiger partial charge is 0.242 e. The van der Waals surface area contributed by atoms with E-state index in [2.05, 4.69) is 20.6 Å². The van der Waals surface area contributed by atoms with Gasteiger partial charge in [-0.3, -0.25) is 4.79 Å². The van der Waals surface area contributed by atoms with Crippen molar-refractivity contribution in [3.05, 3.63) is 17.8 Å². The molecule has 3 rings (SSSR count). The fourth-order valence-corrected chi connectivity index (χ4v) is 2.85. The highest BCUT2D eigenvalue weighted by Crippen LogP contribution is 2.23. The molecule has 0 unspecified atom stereocenters. The summed E-state index contributed by atoms with van der Waals surface area (Å²) in [7, 11) is 0. The van der Waals surface area contributed by atoms with Crippen LogP contribution in [0, 0.1) is 0 Å². The maximum atomic E-state index is 12.0. The van der Waals surface area contributed by atoms with Gasteiger partial charge >= 0.3 is 0 Å².